The van der Waals surface area contributed by atoms with Crippen molar-refractivity contribution in [3.63, 3.8) is 0 Å². The molecule has 140 valence electrons. The third kappa shape index (κ3) is 5.76. The number of esters is 1. The maximum Gasteiger partial charge on any atom is 0.329 e. The number of thioether (sulfide) groups is 1. The first-order valence-corrected chi connectivity index (χ1v) is 9.20. The summed E-state index contributed by atoms with van der Waals surface area (Å²) in [7, 11) is 0. The van der Waals surface area contributed by atoms with Gasteiger partial charge < -0.3 is 20.7 Å². The van der Waals surface area contributed by atoms with E-state index in [0.29, 0.717) is 17.1 Å². The van der Waals surface area contributed by atoms with Gasteiger partial charge in [0.25, 0.3) is 0 Å². The van der Waals surface area contributed by atoms with Gasteiger partial charge in [-0.05, 0) is 31.2 Å². The van der Waals surface area contributed by atoms with Gasteiger partial charge in [-0.25, -0.2) is 4.79 Å². The van der Waals surface area contributed by atoms with E-state index in [2.05, 4.69) is 16.0 Å². The Kier molecular flexibility index (Phi) is 7.02. The number of rotatable bonds is 6. The second kappa shape index (κ2) is 9.23. The highest BCUT2D eigenvalue weighted by atomic mass is 32.2. The number of hydrogen-bond donors (Lipinski definition) is 3. The van der Waals surface area contributed by atoms with Crippen molar-refractivity contribution in [2.75, 3.05) is 23.0 Å². The van der Waals surface area contributed by atoms with Gasteiger partial charge in [0.05, 0.1) is 11.9 Å². The van der Waals surface area contributed by atoms with Crippen molar-refractivity contribution in [3.8, 4) is 0 Å². The Labute approximate surface area is 155 Å². The molecule has 0 radical (unpaired) electrons. The smallest absolute Gasteiger partial charge is 0.329 e. The topological polar surface area (TPSA) is 114 Å². The van der Waals surface area contributed by atoms with E-state index in [1.54, 1.807) is 31.2 Å². The zero-order valence-electron chi connectivity index (χ0n) is 14.5. The molecule has 0 aliphatic carbocycles. The van der Waals surface area contributed by atoms with Gasteiger partial charge in [-0.15, -0.1) is 11.8 Å². The molecule has 3 amide bonds. The van der Waals surface area contributed by atoms with Crippen LogP contribution < -0.4 is 16.0 Å². The fraction of sp³-hybridized carbons (Fsp3) is 0.412. The van der Waals surface area contributed by atoms with Crippen LogP contribution in [0.2, 0.25) is 0 Å². The highest BCUT2D eigenvalue weighted by Gasteiger charge is 2.34. The van der Waals surface area contributed by atoms with Crippen LogP contribution in [0.1, 0.15) is 20.3 Å². The number of ether oxygens (including phenoxy) is 1. The van der Waals surface area contributed by atoms with Crippen molar-refractivity contribution in [2.45, 2.75) is 31.6 Å². The molecule has 0 spiro atoms. The number of benzene rings is 1. The molecule has 2 atom stereocenters. The van der Waals surface area contributed by atoms with E-state index < -0.39 is 17.3 Å². The first-order valence-electron chi connectivity index (χ1n) is 8.15. The van der Waals surface area contributed by atoms with Crippen LogP contribution in [0, 0.1) is 0 Å². The lowest BCUT2D eigenvalue weighted by Crippen LogP contribution is -2.51. The Bertz CT molecular complexity index is 692. The normalized spacial score (nSPS) is 19.2. The first kappa shape index (κ1) is 19.8. The van der Waals surface area contributed by atoms with Crippen molar-refractivity contribution in [1.82, 2.24) is 5.32 Å². The summed E-state index contributed by atoms with van der Waals surface area (Å²) in [6.45, 7) is 3.36. The molecule has 0 aromatic heterocycles. The third-order valence-corrected chi connectivity index (χ3v) is 4.81. The molecule has 1 aliphatic heterocycles. The van der Waals surface area contributed by atoms with Gasteiger partial charge in [-0.2, -0.15) is 0 Å². The van der Waals surface area contributed by atoms with Gasteiger partial charge in [0.15, 0.2) is 0 Å². The van der Waals surface area contributed by atoms with Gasteiger partial charge >= 0.3 is 5.97 Å². The van der Waals surface area contributed by atoms with Crippen molar-refractivity contribution >= 4 is 46.8 Å². The lowest BCUT2D eigenvalue weighted by molar-refractivity contribution is -0.146. The summed E-state index contributed by atoms with van der Waals surface area (Å²) >= 11 is 1.26. The third-order valence-electron chi connectivity index (χ3n) is 3.50. The second-order valence-corrected chi connectivity index (χ2v) is 6.88. The number of carbonyl (C=O) groups excluding carboxylic acids is 4. The van der Waals surface area contributed by atoms with Crippen LogP contribution in [0.25, 0.3) is 0 Å². The molecule has 0 saturated carbocycles. The molecule has 26 heavy (non-hydrogen) atoms. The van der Waals surface area contributed by atoms with Crippen molar-refractivity contribution in [3.05, 3.63) is 24.3 Å². The highest BCUT2D eigenvalue weighted by molar-refractivity contribution is 8.00. The quantitative estimate of drug-likeness (QED) is 0.639. The molecule has 1 aromatic carbocycles. The van der Waals surface area contributed by atoms with E-state index in [1.807, 2.05) is 0 Å². The van der Waals surface area contributed by atoms with Crippen molar-refractivity contribution in [1.29, 1.82) is 0 Å². The average molecular weight is 379 g/mol. The monoisotopic (exact) mass is 379 g/mol. The van der Waals surface area contributed by atoms with Crippen LogP contribution in [0.5, 0.6) is 0 Å². The van der Waals surface area contributed by atoms with E-state index >= 15 is 0 Å². The number of amides is 3. The van der Waals surface area contributed by atoms with Crippen LogP contribution >= 0.6 is 11.8 Å². The second-order valence-electron chi connectivity index (χ2n) is 5.65. The van der Waals surface area contributed by atoms with Gasteiger partial charge in [-0.3, -0.25) is 14.4 Å². The predicted octanol–water partition coefficient (Wildman–Crippen LogP) is 1.14. The summed E-state index contributed by atoms with van der Waals surface area (Å²) in [4.78, 5) is 46.9. The Morgan fingerprint density at radius 1 is 1.19 bits per heavy atom. The summed E-state index contributed by atoms with van der Waals surface area (Å²) < 4.78 is 4.89. The summed E-state index contributed by atoms with van der Waals surface area (Å²) in [6, 6.07) is 5.99. The molecule has 3 N–H and O–H groups in total. The fourth-order valence-corrected chi connectivity index (χ4v) is 3.47. The van der Waals surface area contributed by atoms with Gasteiger partial charge in [-0.1, -0.05) is 0 Å². The Morgan fingerprint density at radius 3 is 2.35 bits per heavy atom. The van der Waals surface area contributed by atoms with Crippen LogP contribution in [-0.2, 0) is 23.9 Å². The zero-order chi connectivity index (χ0) is 19.1. The van der Waals surface area contributed by atoms with Crippen molar-refractivity contribution in [2.24, 2.45) is 0 Å². The summed E-state index contributed by atoms with van der Waals surface area (Å²) in [5.74, 6) is -0.928. The van der Waals surface area contributed by atoms with Crippen LogP contribution in [0.4, 0.5) is 11.4 Å². The molecule has 1 aliphatic rings. The lowest BCUT2D eigenvalue weighted by Gasteiger charge is -2.27. The van der Waals surface area contributed by atoms with Crippen LogP contribution in [0.15, 0.2) is 24.3 Å². The molecule has 0 unspecified atom stereocenters. The molecule has 2 rings (SSSR count). The number of nitrogens with one attached hydrogen (secondary N) is 3. The van der Waals surface area contributed by atoms with E-state index in [4.69, 9.17) is 4.74 Å². The minimum atomic E-state index is -0.673. The Hall–Kier alpha value is -2.55. The SMILES string of the molecule is CCOC(=O)[C@H]1CS[C@H](CC(=O)Nc2ccc(NC(C)=O)cc2)C(=O)N1. The van der Waals surface area contributed by atoms with E-state index in [-0.39, 0.29) is 30.7 Å². The molecule has 1 aromatic rings. The summed E-state index contributed by atoms with van der Waals surface area (Å²) in [5, 5.41) is 7.38. The molecule has 1 fully saturated rings. The molecular formula is C17H21N3O5S. The van der Waals surface area contributed by atoms with E-state index in [1.165, 1.54) is 18.7 Å². The molecule has 1 saturated heterocycles. The largest absolute Gasteiger partial charge is 0.464 e. The van der Waals surface area contributed by atoms with Crippen LogP contribution in [0.3, 0.4) is 0 Å². The molecule has 1 heterocycles. The highest BCUT2D eigenvalue weighted by Crippen LogP contribution is 2.22. The molecular weight excluding hydrogens is 358 g/mol. The minimum absolute atomic E-state index is 0.000503. The number of hydrogen-bond acceptors (Lipinski definition) is 6. The molecule has 8 nitrogen and oxygen atoms in total. The number of anilines is 2. The maximum absolute atomic E-state index is 12.1. The van der Waals surface area contributed by atoms with Gasteiger partial charge in [0.1, 0.15) is 6.04 Å². The first-order chi connectivity index (χ1) is 12.4. The van der Waals surface area contributed by atoms with Crippen molar-refractivity contribution < 1.29 is 23.9 Å². The fourth-order valence-electron chi connectivity index (χ4n) is 2.34. The minimum Gasteiger partial charge on any atom is -0.464 e. The van der Waals surface area contributed by atoms with E-state index in [0.717, 1.165) is 0 Å². The number of carbonyl (C=O) groups is 4. The lowest BCUT2D eigenvalue weighted by atomic mass is 10.2. The maximum atomic E-state index is 12.1. The van der Waals surface area contributed by atoms with Crippen LogP contribution in [-0.4, -0.2) is 47.3 Å². The standard InChI is InChI=1S/C17H21N3O5S/c1-3-25-17(24)13-9-26-14(16(23)20-13)8-15(22)19-12-6-4-11(5-7-12)18-10(2)21/h4-7,13-14H,3,8-9H2,1-2H3,(H,18,21)(H,19,22)(H,20,23)/t13-,14-/m1/s1. The van der Waals surface area contributed by atoms with Gasteiger partial charge in [0, 0.05) is 30.5 Å². The average Bonchev–Trinajstić information content (AvgIpc) is 2.58. The van der Waals surface area contributed by atoms with E-state index in [9.17, 15) is 19.2 Å². The predicted molar refractivity (Wildman–Crippen MR) is 98.8 cm³/mol. The molecule has 0 bridgehead atoms. The molecule has 9 heteroatoms. The Balaban J connectivity index is 1.83. The van der Waals surface area contributed by atoms with Gasteiger partial charge in [0.2, 0.25) is 17.7 Å². The Morgan fingerprint density at radius 2 is 1.81 bits per heavy atom. The summed E-state index contributed by atoms with van der Waals surface area (Å²) in [6.07, 6.45) is -0.000503. The zero-order valence-corrected chi connectivity index (χ0v) is 15.4. The summed E-state index contributed by atoms with van der Waals surface area (Å²) in [5.41, 5.74) is 1.19.